The maximum absolute atomic E-state index is 11.7. The fourth-order valence-corrected chi connectivity index (χ4v) is 2.41. The average Bonchev–Trinajstić information content (AvgIpc) is 2.79. The van der Waals surface area contributed by atoms with Gasteiger partial charge in [-0.1, -0.05) is 30.3 Å². The van der Waals surface area contributed by atoms with Gasteiger partial charge in [-0.2, -0.15) is 0 Å². The maximum atomic E-state index is 11.7. The molecule has 3 aromatic rings. The monoisotopic (exact) mass is 228 g/mol. The molecule has 3 heteroatoms. The summed E-state index contributed by atoms with van der Waals surface area (Å²) in [6.45, 7) is 0. The van der Waals surface area contributed by atoms with Crippen LogP contribution < -0.4 is 5.63 Å². The quantitative estimate of drug-likeness (QED) is 0.638. The zero-order chi connectivity index (χ0) is 11.0. The summed E-state index contributed by atoms with van der Waals surface area (Å²) in [5, 5.41) is 2.84. The molecule has 0 aliphatic carbocycles. The van der Waals surface area contributed by atoms with Crippen molar-refractivity contribution >= 4 is 21.4 Å². The minimum Gasteiger partial charge on any atom is -0.422 e. The number of hydrogen-bond donors (Lipinski definition) is 0. The second-order valence-electron chi connectivity index (χ2n) is 3.47. The molecule has 0 spiro atoms. The van der Waals surface area contributed by atoms with Gasteiger partial charge in [0.15, 0.2) is 0 Å². The largest absolute Gasteiger partial charge is 0.422 e. The Balaban J connectivity index is 2.30. The molecular weight excluding hydrogens is 220 g/mol. The van der Waals surface area contributed by atoms with Crippen LogP contribution >= 0.6 is 11.3 Å². The Morgan fingerprint density at radius 1 is 1.06 bits per heavy atom. The van der Waals surface area contributed by atoms with Crippen LogP contribution in [-0.2, 0) is 0 Å². The third kappa shape index (κ3) is 1.46. The lowest BCUT2D eigenvalue weighted by molar-refractivity contribution is 0.536. The highest BCUT2D eigenvalue weighted by molar-refractivity contribution is 7.17. The van der Waals surface area contributed by atoms with Crippen molar-refractivity contribution in [1.82, 2.24) is 0 Å². The van der Waals surface area contributed by atoms with Gasteiger partial charge in [0.1, 0.15) is 10.5 Å². The van der Waals surface area contributed by atoms with E-state index in [2.05, 4.69) is 0 Å². The molecular formula is C13H8O2S. The lowest BCUT2D eigenvalue weighted by atomic mass is 10.1. The first-order valence-corrected chi connectivity index (χ1v) is 5.79. The van der Waals surface area contributed by atoms with Crippen molar-refractivity contribution in [1.29, 1.82) is 0 Å². The molecule has 0 fully saturated rings. The Hall–Kier alpha value is -1.87. The van der Waals surface area contributed by atoms with Gasteiger partial charge in [-0.05, 0) is 17.5 Å². The number of hydrogen-bond acceptors (Lipinski definition) is 3. The van der Waals surface area contributed by atoms with Crippen molar-refractivity contribution < 1.29 is 4.42 Å². The summed E-state index contributed by atoms with van der Waals surface area (Å²) in [6.07, 6.45) is 0. The summed E-state index contributed by atoms with van der Waals surface area (Å²) in [6, 6.07) is 13.5. The zero-order valence-corrected chi connectivity index (χ0v) is 9.16. The van der Waals surface area contributed by atoms with E-state index in [0.717, 1.165) is 10.9 Å². The SMILES string of the molecule is O=c1oc(-c2ccccc2)cc2ccsc12. The molecule has 0 saturated heterocycles. The third-order valence-electron chi connectivity index (χ3n) is 2.43. The predicted octanol–water partition coefficient (Wildman–Crippen LogP) is 3.52. The van der Waals surface area contributed by atoms with Crippen LogP contribution in [0, 0.1) is 0 Å². The van der Waals surface area contributed by atoms with Crippen LogP contribution in [0.5, 0.6) is 0 Å². The smallest absolute Gasteiger partial charge is 0.354 e. The van der Waals surface area contributed by atoms with Gasteiger partial charge in [-0.15, -0.1) is 11.3 Å². The molecule has 0 bridgehead atoms. The average molecular weight is 228 g/mol. The highest BCUT2D eigenvalue weighted by atomic mass is 32.1. The van der Waals surface area contributed by atoms with Gasteiger partial charge >= 0.3 is 5.63 Å². The Morgan fingerprint density at radius 2 is 1.88 bits per heavy atom. The third-order valence-corrected chi connectivity index (χ3v) is 3.34. The van der Waals surface area contributed by atoms with Crippen LogP contribution in [0.4, 0.5) is 0 Å². The Labute approximate surface area is 95.8 Å². The fraction of sp³-hybridized carbons (Fsp3) is 0. The van der Waals surface area contributed by atoms with Crippen molar-refractivity contribution in [2.45, 2.75) is 0 Å². The van der Waals surface area contributed by atoms with Crippen LogP contribution in [0.1, 0.15) is 0 Å². The summed E-state index contributed by atoms with van der Waals surface area (Å²) in [4.78, 5) is 11.7. The molecule has 2 heterocycles. The first kappa shape index (κ1) is 9.36. The van der Waals surface area contributed by atoms with Crippen LogP contribution in [0.2, 0.25) is 0 Å². The van der Waals surface area contributed by atoms with Crippen LogP contribution in [0.15, 0.2) is 57.1 Å². The highest BCUT2D eigenvalue weighted by Crippen LogP contribution is 2.24. The van der Waals surface area contributed by atoms with Gasteiger partial charge < -0.3 is 4.42 Å². The van der Waals surface area contributed by atoms with E-state index in [1.807, 2.05) is 47.8 Å². The molecule has 1 aromatic carbocycles. The molecule has 2 nitrogen and oxygen atoms in total. The van der Waals surface area contributed by atoms with Gasteiger partial charge in [0.2, 0.25) is 0 Å². The highest BCUT2D eigenvalue weighted by Gasteiger charge is 2.06. The van der Waals surface area contributed by atoms with E-state index in [1.165, 1.54) is 11.3 Å². The van der Waals surface area contributed by atoms with Crippen LogP contribution in [-0.4, -0.2) is 0 Å². The summed E-state index contributed by atoms with van der Waals surface area (Å²) in [7, 11) is 0. The number of rotatable bonds is 1. The van der Waals surface area contributed by atoms with E-state index < -0.39 is 0 Å². The first-order valence-electron chi connectivity index (χ1n) is 4.91. The van der Waals surface area contributed by atoms with E-state index >= 15 is 0 Å². The van der Waals surface area contributed by atoms with E-state index in [0.29, 0.717) is 10.5 Å². The lowest BCUT2D eigenvalue weighted by Gasteiger charge is -1.99. The molecule has 0 aliphatic rings. The zero-order valence-electron chi connectivity index (χ0n) is 8.34. The molecule has 0 N–H and O–H groups in total. The normalized spacial score (nSPS) is 10.8. The van der Waals surface area contributed by atoms with Gasteiger partial charge in [0.25, 0.3) is 0 Å². The standard InChI is InChI=1S/C13H8O2S/c14-13-12-10(6-7-16-12)8-11(15-13)9-4-2-1-3-5-9/h1-8H. The summed E-state index contributed by atoms with van der Waals surface area (Å²) < 4.78 is 5.97. The van der Waals surface area contributed by atoms with E-state index in [9.17, 15) is 4.79 Å². The molecule has 0 unspecified atom stereocenters. The van der Waals surface area contributed by atoms with Gasteiger partial charge in [-0.25, -0.2) is 4.79 Å². The Kier molecular flexibility index (Phi) is 2.11. The molecule has 78 valence electrons. The van der Waals surface area contributed by atoms with Crippen molar-refractivity contribution in [2.75, 3.05) is 0 Å². The van der Waals surface area contributed by atoms with Gasteiger partial charge in [0, 0.05) is 10.9 Å². The molecule has 2 aromatic heterocycles. The van der Waals surface area contributed by atoms with Crippen molar-refractivity contribution in [3.05, 3.63) is 58.3 Å². The van der Waals surface area contributed by atoms with E-state index in [-0.39, 0.29) is 5.63 Å². The lowest BCUT2D eigenvalue weighted by Crippen LogP contribution is -1.97. The van der Waals surface area contributed by atoms with Crippen molar-refractivity contribution in [3.63, 3.8) is 0 Å². The fourth-order valence-electron chi connectivity index (χ4n) is 1.66. The number of fused-ring (bicyclic) bond motifs is 1. The topological polar surface area (TPSA) is 30.2 Å². The molecule has 3 rings (SSSR count). The summed E-state index contributed by atoms with van der Waals surface area (Å²) in [5.74, 6) is 0.622. The second-order valence-corrected chi connectivity index (χ2v) is 4.39. The molecule has 16 heavy (non-hydrogen) atoms. The van der Waals surface area contributed by atoms with E-state index in [4.69, 9.17) is 4.42 Å². The minimum absolute atomic E-state index is 0.258. The van der Waals surface area contributed by atoms with Crippen molar-refractivity contribution in [2.24, 2.45) is 0 Å². The minimum atomic E-state index is -0.258. The molecule has 0 radical (unpaired) electrons. The summed E-state index contributed by atoms with van der Waals surface area (Å²) >= 11 is 1.41. The molecule has 0 aliphatic heterocycles. The summed E-state index contributed by atoms with van der Waals surface area (Å²) in [5.41, 5.74) is 0.666. The van der Waals surface area contributed by atoms with E-state index in [1.54, 1.807) is 0 Å². The maximum Gasteiger partial charge on any atom is 0.354 e. The first-order chi connectivity index (χ1) is 7.84. The van der Waals surface area contributed by atoms with Gasteiger partial charge in [0.05, 0.1) is 0 Å². The molecule has 0 atom stereocenters. The van der Waals surface area contributed by atoms with Crippen LogP contribution in [0.25, 0.3) is 21.4 Å². The Morgan fingerprint density at radius 3 is 2.69 bits per heavy atom. The number of thiophene rings is 1. The van der Waals surface area contributed by atoms with Crippen LogP contribution in [0.3, 0.4) is 0 Å². The second kappa shape index (κ2) is 3.61. The van der Waals surface area contributed by atoms with Gasteiger partial charge in [-0.3, -0.25) is 0 Å². The molecule has 0 saturated carbocycles. The van der Waals surface area contributed by atoms with Crippen molar-refractivity contribution in [3.8, 4) is 11.3 Å². The number of benzene rings is 1. The predicted molar refractivity (Wildman–Crippen MR) is 65.8 cm³/mol. The Bertz CT molecular complexity index is 680. The molecule has 0 amide bonds.